The van der Waals surface area contributed by atoms with Gasteiger partial charge in [-0.05, 0) is 37.5 Å². The number of pyridine rings is 1. The molecule has 4 rings (SSSR count). The van der Waals surface area contributed by atoms with Crippen molar-refractivity contribution in [3.8, 4) is 11.1 Å². The molecule has 1 saturated heterocycles. The summed E-state index contributed by atoms with van der Waals surface area (Å²) in [4.78, 5) is 34.3. The number of hydrogen-bond donors (Lipinski definition) is 1. The summed E-state index contributed by atoms with van der Waals surface area (Å²) in [7, 11) is 0. The van der Waals surface area contributed by atoms with Crippen molar-refractivity contribution in [3.05, 3.63) is 50.8 Å². The van der Waals surface area contributed by atoms with Crippen molar-refractivity contribution >= 4 is 35.0 Å². The normalized spacial score (nSPS) is 16.2. The second-order valence-electron chi connectivity index (χ2n) is 7.77. The van der Waals surface area contributed by atoms with Crippen LogP contribution in [0.2, 0.25) is 10.0 Å². The molecule has 6 nitrogen and oxygen atoms in total. The van der Waals surface area contributed by atoms with Crippen LogP contribution in [0, 0.1) is 6.92 Å². The Morgan fingerprint density at radius 1 is 1.17 bits per heavy atom. The molecule has 0 saturated carbocycles. The van der Waals surface area contributed by atoms with E-state index in [1.54, 1.807) is 23.1 Å². The molecule has 0 bridgehead atoms. The lowest BCUT2D eigenvalue weighted by Gasteiger charge is -2.31. The van der Waals surface area contributed by atoms with E-state index >= 15 is 0 Å². The van der Waals surface area contributed by atoms with Gasteiger partial charge in [-0.15, -0.1) is 0 Å². The zero-order valence-corrected chi connectivity index (χ0v) is 18.4. The summed E-state index contributed by atoms with van der Waals surface area (Å²) < 4.78 is 0. The minimum Gasteiger partial charge on any atom is -0.341 e. The highest BCUT2D eigenvalue weighted by molar-refractivity contribution is 6.36. The fourth-order valence-corrected chi connectivity index (χ4v) is 4.84. The minimum atomic E-state index is -0.202. The highest BCUT2D eigenvalue weighted by atomic mass is 35.5. The van der Waals surface area contributed by atoms with Crippen molar-refractivity contribution < 1.29 is 9.59 Å². The van der Waals surface area contributed by atoms with Crippen LogP contribution in [0.3, 0.4) is 0 Å². The topological polar surface area (TPSA) is 79.5 Å². The summed E-state index contributed by atoms with van der Waals surface area (Å²) in [6.45, 7) is 4.19. The zero-order valence-electron chi connectivity index (χ0n) is 16.9. The van der Waals surface area contributed by atoms with Crippen LogP contribution in [-0.2, 0) is 17.8 Å². The predicted octanol–water partition coefficient (Wildman–Crippen LogP) is 3.44. The summed E-state index contributed by atoms with van der Waals surface area (Å²) in [6.07, 6.45) is 2.62. The van der Waals surface area contributed by atoms with Gasteiger partial charge in [-0.3, -0.25) is 14.6 Å². The Morgan fingerprint density at radius 2 is 1.90 bits per heavy atom. The molecule has 2 N–H and O–H groups in total. The quantitative estimate of drug-likeness (QED) is 0.779. The van der Waals surface area contributed by atoms with Gasteiger partial charge < -0.3 is 15.5 Å². The fourth-order valence-electron chi connectivity index (χ4n) is 4.33. The number of nitrogens with two attached hydrogens (primary N) is 1. The van der Waals surface area contributed by atoms with Crippen LogP contribution >= 0.6 is 23.2 Å². The molecule has 2 aliphatic heterocycles. The molecule has 1 aromatic carbocycles. The Balaban J connectivity index is 1.78. The maximum atomic E-state index is 13.5. The summed E-state index contributed by atoms with van der Waals surface area (Å²) in [5.74, 6) is -0.207. The van der Waals surface area contributed by atoms with Gasteiger partial charge in [0, 0.05) is 59.5 Å². The van der Waals surface area contributed by atoms with Gasteiger partial charge in [-0.25, -0.2) is 0 Å². The molecular formula is C22H24Cl2N4O2. The molecular weight excluding hydrogens is 423 g/mol. The molecule has 1 fully saturated rings. The van der Waals surface area contributed by atoms with Gasteiger partial charge in [-0.2, -0.15) is 0 Å². The third kappa shape index (κ3) is 3.80. The number of hydrogen-bond acceptors (Lipinski definition) is 4. The van der Waals surface area contributed by atoms with Crippen LogP contribution < -0.4 is 5.73 Å². The van der Waals surface area contributed by atoms with E-state index in [9.17, 15) is 9.59 Å². The van der Waals surface area contributed by atoms with E-state index in [2.05, 4.69) is 4.98 Å². The van der Waals surface area contributed by atoms with Gasteiger partial charge in [0.05, 0.1) is 11.3 Å². The first-order chi connectivity index (χ1) is 14.4. The second-order valence-corrected chi connectivity index (χ2v) is 8.61. The SMILES string of the molecule is Cc1nc2c(c(-c3ccc(Cl)cc3Cl)c1CN)C(=O)N(CC(=O)N1CCCC1)CC2. The lowest BCUT2D eigenvalue weighted by atomic mass is 9.89. The number of amides is 2. The summed E-state index contributed by atoms with van der Waals surface area (Å²) in [6, 6.07) is 5.20. The van der Waals surface area contributed by atoms with Crippen molar-refractivity contribution in [2.75, 3.05) is 26.2 Å². The molecule has 30 heavy (non-hydrogen) atoms. The van der Waals surface area contributed by atoms with Gasteiger partial charge >= 0.3 is 0 Å². The average Bonchev–Trinajstić information content (AvgIpc) is 3.24. The molecule has 0 radical (unpaired) electrons. The van der Waals surface area contributed by atoms with Crippen molar-refractivity contribution in [1.29, 1.82) is 0 Å². The van der Waals surface area contributed by atoms with E-state index in [4.69, 9.17) is 28.9 Å². The summed E-state index contributed by atoms with van der Waals surface area (Å²) >= 11 is 12.6. The maximum Gasteiger partial charge on any atom is 0.256 e. The molecule has 2 amide bonds. The Hall–Kier alpha value is -2.15. The lowest BCUT2D eigenvalue weighted by Crippen LogP contribution is -2.45. The third-order valence-corrected chi connectivity index (χ3v) is 6.44. The van der Waals surface area contributed by atoms with Gasteiger partial charge in [0.2, 0.25) is 5.91 Å². The lowest BCUT2D eigenvalue weighted by molar-refractivity contribution is -0.130. The predicted molar refractivity (Wildman–Crippen MR) is 118 cm³/mol. The monoisotopic (exact) mass is 446 g/mol. The van der Waals surface area contributed by atoms with Crippen molar-refractivity contribution in [2.24, 2.45) is 5.73 Å². The van der Waals surface area contributed by atoms with Crippen LogP contribution in [0.4, 0.5) is 0 Å². The van der Waals surface area contributed by atoms with Crippen molar-refractivity contribution in [1.82, 2.24) is 14.8 Å². The van der Waals surface area contributed by atoms with Gasteiger partial charge in [0.1, 0.15) is 6.54 Å². The Morgan fingerprint density at radius 3 is 2.57 bits per heavy atom. The molecule has 8 heteroatoms. The standard InChI is InChI=1S/C22H24Cl2N4O2/c1-13-16(11-25)20(15-5-4-14(23)10-17(15)24)21-18(26-13)6-9-28(22(21)30)12-19(29)27-7-2-3-8-27/h4-5,10H,2-3,6-9,11-12,25H2,1H3. The number of benzene rings is 1. The molecule has 0 aliphatic carbocycles. The fraction of sp³-hybridized carbons (Fsp3) is 0.409. The molecule has 0 unspecified atom stereocenters. The van der Waals surface area contributed by atoms with E-state index in [0.29, 0.717) is 39.7 Å². The highest BCUT2D eigenvalue weighted by Gasteiger charge is 2.33. The molecule has 2 aromatic rings. The van der Waals surface area contributed by atoms with Crippen LogP contribution in [0.1, 0.15) is 40.2 Å². The van der Waals surface area contributed by atoms with Gasteiger partial charge in [0.15, 0.2) is 0 Å². The smallest absolute Gasteiger partial charge is 0.256 e. The van der Waals surface area contributed by atoms with E-state index < -0.39 is 0 Å². The number of nitrogens with zero attached hydrogens (tertiary/aromatic N) is 3. The van der Waals surface area contributed by atoms with E-state index in [1.807, 2.05) is 11.8 Å². The number of carbonyl (C=O) groups is 2. The van der Waals surface area contributed by atoms with Crippen molar-refractivity contribution in [2.45, 2.75) is 32.7 Å². The van der Waals surface area contributed by atoms with E-state index in [1.165, 1.54) is 0 Å². The van der Waals surface area contributed by atoms with E-state index in [-0.39, 0.29) is 24.9 Å². The number of halogens is 2. The second kappa shape index (κ2) is 8.53. The molecule has 3 heterocycles. The Labute approximate surface area is 185 Å². The molecule has 0 atom stereocenters. The zero-order chi connectivity index (χ0) is 21.4. The Kier molecular flexibility index (Phi) is 6.00. The number of likely N-dealkylation sites (tertiary alicyclic amines) is 1. The van der Waals surface area contributed by atoms with Gasteiger partial charge in [0.25, 0.3) is 5.91 Å². The largest absolute Gasteiger partial charge is 0.341 e. The average molecular weight is 447 g/mol. The third-order valence-electron chi connectivity index (χ3n) is 5.89. The summed E-state index contributed by atoms with van der Waals surface area (Å²) in [5.41, 5.74) is 10.2. The highest BCUT2D eigenvalue weighted by Crippen LogP contribution is 2.38. The van der Waals surface area contributed by atoms with Crippen LogP contribution in [0.25, 0.3) is 11.1 Å². The molecule has 0 spiro atoms. The first-order valence-electron chi connectivity index (χ1n) is 10.2. The Bertz CT molecular complexity index is 1020. The number of rotatable bonds is 4. The van der Waals surface area contributed by atoms with Gasteiger partial charge in [-0.1, -0.05) is 29.3 Å². The maximum absolute atomic E-state index is 13.5. The first kappa shape index (κ1) is 21.1. The minimum absolute atomic E-state index is 0.00510. The first-order valence-corrected chi connectivity index (χ1v) is 10.9. The van der Waals surface area contributed by atoms with Crippen LogP contribution in [-0.4, -0.2) is 52.8 Å². The number of aromatic nitrogens is 1. The number of fused-ring (bicyclic) bond motifs is 1. The van der Waals surface area contributed by atoms with Crippen LogP contribution in [0.15, 0.2) is 18.2 Å². The van der Waals surface area contributed by atoms with Crippen LogP contribution in [0.5, 0.6) is 0 Å². The number of aryl methyl sites for hydroxylation is 1. The summed E-state index contributed by atoms with van der Waals surface area (Å²) in [5, 5.41) is 0.963. The number of carbonyl (C=O) groups excluding carboxylic acids is 2. The molecule has 1 aromatic heterocycles. The molecule has 158 valence electrons. The molecule has 2 aliphatic rings. The van der Waals surface area contributed by atoms with Crippen molar-refractivity contribution in [3.63, 3.8) is 0 Å². The van der Waals surface area contributed by atoms with E-state index in [0.717, 1.165) is 42.9 Å².